The molecule has 1 aliphatic heterocycles. The van der Waals surface area contributed by atoms with Gasteiger partial charge in [0.2, 0.25) is 5.82 Å². The van der Waals surface area contributed by atoms with Crippen molar-refractivity contribution in [2.45, 2.75) is 63.6 Å². The fourth-order valence-electron chi connectivity index (χ4n) is 5.41. The van der Waals surface area contributed by atoms with Crippen LogP contribution >= 0.6 is 11.6 Å². The van der Waals surface area contributed by atoms with E-state index in [1.54, 1.807) is 25.9 Å². The summed E-state index contributed by atoms with van der Waals surface area (Å²) in [5, 5.41) is 21.6. The first-order valence-corrected chi connectivity index (χ1v) is 15.9. The number of hydrogen-bond acceptors (Lipinski definition) is 10. The Kier molecular flexibility index (Phi) is 10.8. The molecule has 1 saturated heterocycles. The highest BCUT2D eigenvalue weighted by atomic mass is 35.5. The highest BCUT2D eigenvalue weighted by Gasteiger charge is 2.39. The standard InChI is InChI=1S/C31H36ClF3N10O5/c1-30(2,36)17-38-27(47)26-39-24(40-45(26)22-13-37-11-10-21(22)28(48)42-12-4-5-20(42)16-50-3)15-44-29(49)43(14-23(46)31(33,34)35)25(41-44)18-6-8-19(32)9-7-18/h6-11,13,20,23,46H,4-5,12,14-17,36H2,1-3H3,(H,38,47)/t20?,23-/m0/s1. The summed E-state index contributed by atoms with van der Waals surface area (Å²) in [7, 11) is 1.55. The van der Waals surface area contributed by atoms with Gasteiger partial charge in [-0.25, -0.2) is 19.1 Å². The smallest absolute Gasteiger partial charge is 0.383 e. The number of aliphatic hydroxyl groups excluding tert-OH is 1. The molecule has 15 nitrogen and oxygen atoms in total. The number of carbonyl (C=O) groups is 2. The van der Waals surface area contributed by atoms with E-state index in [1.165, 1.54) is 42.7 Å². The minimum atomic E-state index is -5.02. The first-order chi connectivity index (χ1) is 23.6. The van der Waals surface area contributed by atoms with Gasteiger partial charge >= 0.3 is 11.9 Å². The molecule has 2 atom stereocenters. The van der Waals surface area contributed by atoms with Gasteiger partial charge in [0.1, 0.15) is 6.54 Å². The molecule has 1 aliphatic rings. The van der Waals surface area contributed by atoms with Gasteiger partial charge in [-0.15, -0.1) is 10.2 Å². The van der Waals surface area contributed by atoms with E-state index in [0.717, 1.165) is 22.2 Å². The molecule has 268 valence electrons. The number of nitrogens with two attached hydrogens (primary N) is 1. The van der Waals surface area contributed by atoms with Crippen molar-refractivity contribution in [2.75, 3.05) is 26.8 Å². The maximum atomic E-state index is 13.9. The number of ether oxygens (including phenoxy) is 1. The summed E-state index contributed by atoms with van der Waals surface area (Å²) < 4.78 is 48.0. The second-order valence-electron chi connectivity index (χ2n) is 12.5. The number of alkyl halides is 3. The quantitative estimate of drug-likeness (QED) is 0.195. The monoisotopic (exact) mass is 720 g/mol. The van der Waals surface area contributed by atoms with E-state index in [9.17, 15) is 32.7 Å². The number of hydrogen-bond donors (Lipinski definition) is 3. The van der Waals surface area contributed by atoms with Crippen LogP contribution < -0.4 is 16.7 Å². The molecule has 0 spiro atoms. The van der Waals surface area contributed by atoms with Gasteiger partial charge in [0, 0.05) is 42.5 Å². The Balaban J connectivity index is 1.58. The lowest BCUT2D eigenvalue weighted by atomic mass is 10.1. The number of aromatic nitrogens is 7. The summed E-state index contributed by atoms with van der Waals surface area (Å²) in [6, 6.07) is 7.17. The Morgan fingerprint density at radius 2 is 1.90 bits per heavy atom. The van der Waals surface area contributed by atoms with Crippen molar-refractivity contribution in [3.05, 3.63) is 75.4 Å². The average Bonchev–Trinajstić information content (AvgIpc) is 3.78. The summed E-state index contributed by atoms with van der Waals surface area (Å²) >= 11 is 5.98. The van der Waals surface area contributed by atoms with Gasteiger partial charge < -0.3 is 25.8 Å². The average molecular weight is 721 g/mol. The Morgan fingerprint density at radius 1 is 1.18 bits per heavy atom. The zero-order chi connectivity index (χ0) is 36.4. The lowest BCUT2D eigenvalue weighted by Gasteiger charge is -2.25. The van der Waals surface area contributed by atoms with Gasteiger partial charge in [0.05, 0.1) is 36.6 Å². The van der Waals surface area contributed by atoms with Gasteiger partial charge in [-0.1, -0.05) is 11.6 Å². The molecule has 50 heavy (non-hydrogen) atoms. The first kappa shape index (κ1) is 36.6. The number of aliphatic hydroxyl groups is 1. The number of benzene rings is 1. The van der Waals surface area contributed by atoms with Crippen LogP contribution in [0.4, 0.5) is 13.2 Å². The van der Waals surface area contributed by atoms with Crippen molar-refractivity contribution in [1.82, 2.24) is 44.3 Å². The molecule has 4 heterocycles. The van der Waals surface area contributed by atoms with Crippen molar-refractivity contribution in [1.29, 1.82) is 0 Å². The Labute approximate surface area is 288 Å². The van der Waals surface area contributed by atoms with Crippen LogP contribution in [-0.4, -0.2) is 107 Å². The van der Waals surface area contributed by atoms with Crippen LogP contribution in [0.5, 0.6) is 0 Å². The van der Waals surface area contributed by atoms with Crippen LogP contribution in [0.1, 0.15) is 53.5 Å². The molecule has 19 heteroatoms. The summed E-state index contributed by atoms with van der Waals surface area (Å²) in [6.07, 6.45) is -3.60. The van der Waals surface area contributed by atoms with Crippen LogP contribution in [-0.2, 0) is 17.8 Å². The third-order valence-corrected chi connectivity index (χ3v) is 8.12. The molecular formula is C31H36ClF3N10O5. The normalized spacial score (nSPS) is 15.8. The fourth-order valence-corrected chi connectivity index (χ4v) is 5.54. The van der Waals surface area contributed by atoms with Gasteiger partial charge in [-0.05, 0) is 57.0 Å². The van der Waals surface area contributed by atoms with Crippen molar-refractivity contribution in [2.24, 2.45) is 5.73 Å². The molecule has 0 radical (unpaired) electrons. The minimum Gasteiger partial charge on any atom is -0.383 e. The lowest BCUT2D eigenvalue weighted by molar-refractivity contribution is -0.207. The SMILES string of the molecule is COCC1CCCN1C(=O)c1ccncc1-n1nc(Cn2nc(-c3ccc(Cl)cc3)n(C[C@H](O)C(F)(F)F)c2=O)nc1C(=O)NCC(C)(C)N. The molecule has 1 unspecified atom stereocenters. The highest BCUT2D eigenvalue weighted by Crippen LogP contribution is 2.26. The van der Waals surface area contributed by atoms with Gasteiger partial charge in [0.15, 0.2) is 17.8 Å². The molecule has 1 aromatic carbocycles. The maximum Gasteiger partial charge on any atom is 0.416 e. The second kappa shape index (κ2) is 14.7. The summed E-state index contributed by atoms with van der Waals surface area (Å²) in [4.78, 5) is 51.1. The number of nitrogens with zero attached hydrogens (tertiary/aromatic N) is 8. The molecule has 0 aliphatic carbocycles. The summed E-state index contributed by atoms with van der Waals surface area (Å²) in [5.41, 5.74) is 4.78. The Bertz CT molecular complexity index is 1900. The van der Waals surface area contributed by atoms with E-state index >= 15 is 0 Å². The van der Waals surface area contributed by atoms with Crippen molar-refractivity contribution < 1.29 is 32.6 Å². The van der Waals surface area contributed by atoms with Crippen LogP contribution in [0.25, 0.3) is 17.1 Å². The summed E-state index contributed by atoms with van der Waals surface area (Å²) in [5.74, 6) is -1.67. The molecule has 2 amide bonds. The van der Waals surface area contributed by atoms with Crippen molar-refractivity contribution in [3.63, 3.8) is 0 Å². The molecule has 4 aromatic rings. The number of likely N-dealkylation sites (tertiary alicyclic amines) is 1. The van der Waals surface area contributed by atoms with Gasteiger partial charge in [-0.2, -0.15) is 13.2 Å². The van der Waals surface area contributed by atoms with E-state index in [-0.39, 0.29) is 52.8 Å². The van der Waals surface area contributed by atoms with E-state index in [1.807, 2.05) is 0 Å². The molecule has 5 rings (SSSR count). The first-order valence-electron chi connectivity index (χ1n) is 15.5. The van der Waals surface area contributed by atoms with Crippen molar-refractivity contribution >= 4 is 23.4 Å². The molecule has 4 N–H and O–H groups in total. The van der Waals surface area contributed by atoms with Crippen molar-refractivity contribution in [3.8, 4) is 17.1 Å². The zero-order valence-corrected chi connectivity index (χ0v) is 28.1. The number of pyridine rings is 1. The molecule has 0 saturated carbocycles. The van der Waals surface area contributed by atoms with E-state index in [2.05, 4.69) is 25.5 Å². The predicted molar refractivity (Wildman–Crippen MR) is 174 cm³/mol. The second-order valence-corrected chi connectivity index (χ2v) is 13.0. The number of amides is 2. The highest BCUT2D eigenvalue weighted by molar-refractivity contribution is 6.30. The molecule has 3 aromatic heterocycles. The zero-order valence-electron chi connectivity index (χ0n) is 27.4. The van der Waals surface area contributed by atoms with Crippen LogP contribution in [0.15, 0.2) is 47.5 Å². The fraction of sp³-hybridized carbons (Fsp3) is 0.452. The predicted octanol–water partition coefficient (Wildman–Crippen LogP) is 2.03. The number of methoxy groups -OCH3 is 1. The van der Waals surface area contributed by atoms with E-state index in [0.29, 0.717) is 22.7 Å². The number of halogens is 4. The Hall–Kier alpha value is -4.65. The molecule has 0 bridgehead atoms. The minimum absolute atomic E-state index is 0.0369. The Morgan fingerprint density at radius 3 is 2.56 bits per heavy atom. The number of rotatable bonds is 12. The number of nitrogens with one attached hydrogen (secondary N) is 1. The van der Waals surface area contributed by atoms with Gasteiger partial charge in [-0.3, -0.25) is 19.1 Å². The van der Waals surface area contributed by atoms with E-state index < -0.39 is 42.5 Å². The third-order valence-electron chi connectivity index (χ3n) is 7.86. The van der Waals surface area contributed by atoms with Crippen LogP contribution in [0.3, 0.4) is 0 Å². The molecular weight excluding hydrogens is 685 g/mol. The lowest BCUT2D eigenvalue weighted by Crippen LogP contribution is -2.45. The van der Waals surface area contributed by atoms with Crippen LogP contribution in [0, 0.1) is 0 Å². The van der Waals surface area contributed by atoms with Gasteiger partial charge in [0.25, 0.3) is 11.8 Å². The van der Waals surface area contributed by atoms with Crippen LogP contribution in [0.2, 0.25) is 5.02 Å². The van der Waals surface area contributed by atoms with E-state index in [4.69, 9.17) is 22.1 Å². The largest absolute Gasteiger partial charge is 0.416 e. The molecule has 1 fully saturated rings. The maximum absolute atomic E-state index is 13.9. The summed E-state index contributed by atoms with van der Waals surface area (Å²) in [6.45, 7) is 2.61. The topological polar surface area (TPSA) is 188 Å². The third kappa shape index (κ3) is 8.20. The number of carbonyl (C=O) groups excluding carboxylic acids is 2.